The van der Waals surface area contributed by atoms with Crippen molar-refractivity contribution in [3.63, 3.8) is 0 Å². The summed E-state index contributed by atoms with van der Waals surface area (Å²) in [5, 5.41) is 11.6. The summed E-state index contributed by atoms with van der Waals surface area (Å²) in [4.78, 5) is 13.9. The molecular weight excluding hydrogens is 266 g/mol. The maximum Gasteiger partial charge on any atom is 0.234 e. The quantitative estimate of drug-likeness (QED) is 0.815. The molecule has 116 valence electrons. The number of hydrogen-bond acceptors (Lipinski definition) is 4. The van der Waals surface area contributed by atoms with Gasteiger partial charge in [0.2, 0.25) is 5.91 Å². The van der Waals surface area contributed by atoms with E-state index in [0.717, 1.165) is 18.2 Å². The molecule has 2 fully saturated rings. The first-order valence-corrected chi connectivity index (χ1v) is 7.97. The molecule has 0 radical (unpaired) electrons. The first kappa shape index (κ1) is 14.5. The highest BCUT2D eigenvalue weighted by Crippen LogP contribution is 2.38. The number of hydrogen-bond donors (Lipinski definition) is 1. The van der Waals surface area contributed by atoms with Crippen molar-refractivity contribution in [2.24, 2.45) is 13.0 Å². The zero-order valence-corrected chi connectivity index (χ0v) is 13.0. The predicted octanol–water partition coefficient (Wildman–Crippen LogP) is 1.04. The highest BCUT2D eigenvalue weighted by atomic mass is 16.2. The van der Waals surface area contributed by atoms with E-state index >= 15 is 0 Å². The van der Waals surface area contributed by atoms with E-state index in [1.807, 2.05) is 19.0 Å². The number of nitrogens with zero attached hydrogens (tertiary/aromatic N) is 4. The average Bonchev–Trinajstić information content (AvgIpc) is 3.15. The third kappa shape index (κ3) is 3.61. The summed E-state index contributed by atoms with van der Waals surface area (Å²) >= 11 is 0. The van der Waals surface area contributed by atoms with Gasteiger partial charge in [0.15, 0.2) is 0 Å². The SMILES string of the molecule is CN(CC(=O)NCC1CCC1)Cc1nnc(C2CC2)n1C. The van der Waals surface area contributed by atoms with Gasteiger partial charge in [-0.25, -0.2) is 0 Å². The van der Waals surface area contributed by atoms with Crippen LogP contribution in [0.1, 0.15) is 49.7 Å². The highest BCUT2D eigenvalue weighted by Gasteiger charge is 2.29. The van der Waals surface area contributed by atoms with Gasteiger partial charge in [0.25, 0.3) is 0 Å². The maximum absolute atomic E-state index is 11.9. The van der Waals surface area contributed by atoms with Gasteiger partial charge in [-0.3, -0.25) is 9.69 Å². The van der Waals surface area contributed by atoms with Crippen LogP contribution in [0.4, 0.5) is 0 Å². The second-order valence-corrected chi connectivity index (χ2v) is 6.58. The lowest BCUT2D eigenvalue weighted by Crippen LogP contribution is -2.38. The number of amides is 1. The average molecular weight is 291 g/mol. The second kappa shape index (κ2) is 6.13. The Bertz CT molecular complexity index is 504. The van der Waals surface area contributed by atoms with Gasteiger partial charge in [-0.05, 0) is 38.6 Å². The molecule has 0 spiro atoms. The zero-order chi connectivity index (χ0) is 14.8. The number of carbonyl (C=O) groups excluding carboxylic acids is 1. The predicted molar refractivity (Wildman–Crippen MR) is 79.7 cm³/mol. The Balaban J connectivity index is 1.44. The van der Waals surface area contributed by atoms with Crippen LogP contribution >= 0.6 is 0 Å². The molecule has 0 bridgehead atoms. The number of carbonyl (C=O) groups is 1. The lowest BCUT2D eigenvalue weighted by Gasteiger charge is -2.25. The van der Waals surface area contributed by atoms with Crippen molar-refractivity contribution in [2.45, 2.75) is 44.6 Å². The third-order valence-electron chi connectivity index (χ3n) is 4.58. The lowest BCUT2D eigenvalue weighted by molar-refractivity contribution is -0.122. The highest BCUT2D eigenvalue weighted by molar-refractivity contribution is 5.77. The molecular formula is C15H25N5O. The molecule has 1 aromatic heterocycles. The fourth-order valence-corrected chi connectivity index (χ4v) is 2.76. The van der Waals surface area contributed by atoms with Crippen LogP contribution in [0.15, 0.2) is 0 Å². The first-order chi connectivity index (χ1) is 10.1. The molecule has 3 rings (SSSR count). The number of nitrogens with one attached hydrogen (secondary N) is 1. The van der Waals surface area contributed by atoms with Crippen LogP contribution in [0.25, 0.3) is 0 Å². The fourth-order valence-electron chi connectivity index (χ4n) is 2.76. The summed E-state index contributed by atoms with van der Waals surface area (Å²) in [6.07, 6.45) is 6.30. The molecule has 2 saturated carbocycles. The van der Waals surface area contributed by atoms with E-state index in [2.05, 4.69) is 20.1 Å². The Hall–Kier alpha value is -1.43. The second-order valence-electron chi connectivity index (χ2n) is 6.58. The minimum Gasteiger partial charge on any atom is -0.355 e. The van der Waals surface area contributed by atoms with E-state index in [0.29, 0.717) is 24.9 Å². The van der Waals surface area contributed by atoms with Crippen molar-refractivity contribution in [2.75, 3.05) is 20.1 Å². The van der Waals surface area contributed by atoms with Gasteiger partial charge in [0.05, 0.1) is 13.1 Å². The summed E-state index contributed by atoms with van der Waals surface area (Å²) in [5.74, 6) is 3.44. The van der Waals surface area contributed by atoms with Crippen LogP contribution < -0.4 is 5.32 Å². The Kier molecular flexibility index (Phi) is 4.24. The van der Waals surface area contributed by atoms with Gasteiger partial charge in [0.1, 0.15) is 11.6 Å². The Morgan fingerprint density at radius 3 is 2.71 bits per heavy atom. The molecule has 2 aliphatic rings. The monoisotopic (exact) mass is 291 g/mol. The van der Waals surface area contributed by atoms with E-state index in [-0.39, 0.29) is 5.91 Å². The maximum atomic E-state index is 11.9. The molecule has 21 heavy (non-hydrogen) atoms. The van der Waals surface area contributed by atoms with Gasteiger partial charge in [-0.2, -0.15) is 0 Å². The first-order valence-electron chi connectivity index (χ1n) is 7.97. The third-order valence-corrected chi connectivity index (χ3v) is 4.58. The van der Waals surface area contributed by atoms with Crippen LogP contribution in [-0.2, 0) is 18.4 Å². The summed E-state index contributed by atoms with van der Waals surface area (Å²) < 4.78 is 2.08. The van der Waals surface area contributed by atoms with Crippen molar-refractivity contribution >= 4 is 5.91 Å². The molecule has 6 heteroatoms. The molecule has 1 aromatic rings. The Morgan fingerprint density at radius 2 is 2.10 bits per heavy atom. The molecule has 1 amide bonds. The van der Waals surface area contributed by atoms with Gasteiger partial charge < -0.3 is 9.88 Å². The van der Waals surface area contributed by atoms with Gasteiger partial charge in [0, 0.05) is 19.5 Å². The summed E-state index contributed by atoms with van der Waals surface area (Å²) in [6.45, 7) is 1.91. The largest absolute Gasteiger partial charge is 0.355 e. The van der Waals surface area contributed by atoms with Gasteiger partial charge in [-0.15, -0.1) is 10.2 Å². The van der Waals surface area contributed by atoms with E-state index in [1.54, 1.807) is 0 Å². The standard InChI is InChI=1S/C15H25N5O/c1-19(10-14(21)16-8-11-4-3-5-11)9-13-17-18-15(20(13)2)12-6-7-12/h11-12H,3-10H2,1-2H3,(H,16,21). The zero-order valence-electron chi connectivity index (χ0n) is 13.0. The molecule has 0 unspecified atom stereocenters. The Labute approximate surface area is 125 Å². The summed E-state index contributed by atoms with van der Waals surface area (Å²) in [7, 11) is 3.97. The topological polar surface area (TPSA) is 63.1 Å². The molecule has 0 aliphatic heterocycles. The van der Waals surface area contributed by atoms with E-state index in [9.17, 15) is 4.79 Å². The summed E-state index contributed by atoms with van der Waals surface area (Å²) in [5.41, 5.74) is 0. The number of aromatic nitrogens is 3. The van der Waals surface area contributed by atoms with Crippen LogP contribution in [0, 0.1) is 5.92 Å². The van der Waals surface area contributed by atoms with E-state index in [1.165, 1.54) is 32.1 Å². The van der Waals surface area contributed by atoms with Gasteiger partial charge in [-0.1, -0.05) is 6.42 Å². The van der Waals surface area contributed by atoms with Gasteiger partial charge >= 0.3 is 0 Å². The van der Waals surface area contributed by atoms with Crippen LogP contribution in [0.3, 0.4) is 0 Å². The normalized spacial score (nSPS) is 18.8. The van der Waals surface area contributed by atoms with Crippen molar-refractivity contribution in [1.82, 2.24) is 25.0 Å². The molecule has 6 nitrogen and oxygen atoms in total. The minimum absolute atomic E-state index is 0.106. The van der Waals surface area contributed by atoms with Crippen LogP contribution in [-0.4, -0.2) is 45.7 Å². The molecule has 0 saturated heterocycles. The molecule has 2 aliphatic carbocycles. The lowest BCUT2D eigenvalue weighted by atomic mass is 9.85. The molecule has 1 heterocycles. The van der Waals surface area contributed by atoms with Crippen LogP contribution in [0.2, 0.25) is 0 Å². The molecule has 1 N–H and O–H groups in total. The van der Waals surface area contributed by atoms with Crippen molar-refractivity contribution in [3.05, 3.63) is 11.6 Å². The van der Waals surface area contributed by atoms with Crippen LogP contribution in [0.5, 0.6) is 0 Å². The Morgan fingerprint density at radius 1 is 1.33 bits per heavy atom. The molecule has 0 atom stereocenters. The number of rotatable bonds is 7. The molecule has 0 aromatic carbocycles. The minimum atomic E-state index is 0.106. The van der Waals surface area contributed by atoms with Crippen molar-refractivity contribution in [3.8, 4) is 0 Å². The number of likely N-dealkylation sites (N-methyl/N-ethyl adjacent to an activating group) is 1. The smallest absolute Gasteiger partial charge is 0.234 e. The van der Waals surface area contributed by atoms with E-state index in [4.69, 9.17) is 0 Å². The summed E-state index contributed by atoms with van der Waals surface area (Å²) in [6, 6.07) is 0. The van der Waals surface area contributed by atoms with E-state index < -0.39 is 0 Å². The van der Waals surface area contributed by atoms with Crippen molar-refractivity contribution in [1.29, 1.82) is 0 Å². The fraction of sp³-hybridized carbons (Fsp3) is 0.800. The van der Waals surface area contributed by atoms with Crippen molar-refractivity contribution < 1.29 is 4.79 Å².